The molecule has 3 saturated carbocycles. The number of carbonyl (C=O) groups excluding carboxylic acids is 1. The van der Waals surface area contributed by atoms with Gasteiger partial charge in [-0.1, -0.05) is 18.2 Å². The molecule has 5 N–H and O–H groups in total. The molecule has 0 spiro atoms. The number of aromatic nitrogens is 3. The third-order valence-corrected chi connectivity index (χ3v) is 8.39. The molecule has 0 saturated heterocycles. The van der Waals surface area contributed by atoms with Crippen LogP contribution in [-0.4, -0.2) is 46.4 Å². The Balaban J connectivity index is 1.11. The first-order valence-corrected chi connectivity index (χ1v) is 15.0. The largest absolute Gasteiger partial charge is 0.495 e. The van der Waals surface area contributed by atoms with Crippen LogP contribution in [0.3, 0.4) is 0 Å². The lowest BCUT2D eigenvalue weighted by Gasteiger charge is -2.62. The summed E-state index contributed by atoms with van der Waals surface area (Å²) in [5, 5.41) is 10.7. The maximum absolute atomic E-state index is 11.8. The van der Waals surface area contributed by atoms with Crippen LogP contribution in [0.25, 0.3) is 22.2 Å². The van der Waals surface area contributed by atoms with Gasteiger partial charge in [0.05, 0.1) is 25.1 Å². The van der Waals surface area contributed by atoms with Gasteiger partial charge in [0.2, 0.25) is 5.95 Å². The molecule has 2 aromatic carbocycles. The van der Waals surface area contributed by atoms with Crippen molar-refractivity contribution < 1.29 is 14.3 Å². The van der Waals surface area contributed by atoms with Gasteiger partial charge < -0.3 is 35.7 Å². The zero-order valence-electron chi connectivity index (χ0n) is 25.4. The number of fused-ring (bicyclic) bond motifs is 1. The van der Waals surface area contributed by atoms with Gasteiger partial charge in [0.15, 0.2) is 0 Å². The van der Waals surface area contributed by atoms with Gasteiger partial charge in [-0.3, -0.25) is 0 Å². The number of anilines is 3. The Hall–Kier alpha value is -4.31. The van der Waals surface area contributed by atoms with Crippen molar-refractivity contribution in [1.82, 2.24) is 25.2 Å². The number of carbonyl (C=O) groups is 1. The number of hydrogen-bond acceptors (Lipinski definition) is 8. The van der Waals surface area contributed by atoms with E-state index in [1.54, 1.807) is 13.3 Å². The van der Waals surface area contributed by atoms with Gasteiger partial charge in [0, 0.05) is 52.2 Å². The van der Waals surface area contributed by atoms with Gasteiger partial charge in [-0.25, -0.2) is 14.8 Å². The molecular formula is C33H41N7O3. The monoisotopic (exact) mass is 583 g/mol. The smallest absolute Gasteiger partial charge is 0.407 e. The number of hydrogen-bond donors (Lipinski definition) is 4. The van der Waals surface area contributed by atoms with E-state index >= 15 is 0 Å². The highest BCUT2D eigenvalue weighted by molar-refractivity contribution is 5.95. The van der Waals surface area contributed by atoms with Crippen molar-refractivity contribution in [3.8, 4) is 17.0 Å². The number of ether oxygens (including phenoxy) is 2. The molecule has 7 rings (SSSR count). The Morgan fingerprint density at radius 3 is 2.67 bits per heavy atom. The summed E-state index contributed by atoms with van der Waals surface area (Å²) in [7, 11) is 1.63. The Bertz CT molecular complexity index is 1620. The van der Waals surface area contributed by atoms with Gasteiger partial charge in [-0.05, 0) is 88.7 Å². The van der Waals surface area contributed by atoms with Gasteiger partial charge in [0.25, 0.3) is 0 Å². The number of nitrogens with two attached hydrogens (primary N) is 1. The molecule has 2 bridgehead atoms. The van der Waals surface area contributed by atoms with Crippen molar-refractivity contribution in [2.24, 2.45) is 5.92 Å². The average molecular weight is 584 g/mol. The van der Waals surface area contributed by atoms with Crippen molar-refractivity contribution in [1.29, 1.82) is 0 Å². The number of nitrogens with zero attached hydrogens (tertiary/aromatic N) is 3. The van der Waals surface area contributed by atoms with E-state index in [1.165, 1.54) is 30.2 Å². The van der Waals surface area contributed by atoms with Crippen molar-refractivity contribution in [2.45, 2.75) is 64.1 Å². The van der Waals surface area contributed by atoms with E-state index < -0.39 is 6.09 Å². The van der Waals surface area contributed by atoms with E-state index in [4.69, 9.17) is 20.2 Å². The molecule has 226 valence electrons. The second-order valence-electron chi connectivity index (χ2n) is 12.8. The maximum atomic E-state index is 11.8. The Kier molecular flexibility index (Phi) is 7.64. The summed E-state index contributed by atoms with van der Waals surface area (Å²) in [5.41, 5.74) is 11.9. The van der Waals surface area contributed by atoms with Crippen LogP contribution in [-0.2, 0) is 16.8 Å². The number of amides is 1. The van der Waals surface area contributed by atoms with E-state index in [1.807, 2.05) is 39.0 Å². The summed E-state index contributed by atoms with van der Waals surface area (Å²) < 4.78 is 13.4. The van der Waals surface area contributed by atoms with Crippen LogP contribution in [0.2, 0.25) is 0 Å². The van der Waals surface area contributed by atoms with Crippen LogP contribution in [0.15, 0.2) is 54.9 Å². The molecule has 3 fully saturated rings. The molecule has 0 atom stereocenters. The van der Waals surface area contributed by atoms with Crippen molar-refractivity contribution >= 4 is 34.3 Å². The van der Waals surface area contributed by atoms with Gasteiger partial charge >= 0.3 is 6.09 Å². The minimum absolute atomic E-state index is 0.286. The van der Waals surface area contributed by atoms with Crippen LogP contribution in [0.4, 0.5) is 22.1 Å². The van der Waals surface area contributed by atoms with Crippen LogP contribution in [0.1, 0.15) is 52.0 Å². The Morgan fingerprint density at radius 2 is 1.95 bits per heavy atom. The number of benzene rings is 2. The molecule has 0 unspecified atom stereocenters. The zero-order chi connectivity index (χ0) is 30.2. The molecule has 10 heteroatoms. The highest BCUT2D eigenvalue weighted by atomic mass is 16.5. The van der Waals surface area contributed by atoms with Gasteiger partial charge in [0.1, 0.15) is 5.75 Å². The lowest BCUT2D eigenvalue weighted by atomic mass is 9.49. The van der Waals surface area contributed by atoms with Crippen LogP contribution in [0, 0.1) is 5.92 Å². The fourth-order valence-electron chi connectivity index (χ4n) is 6.18. The molecule has 4 aromatic rings. The topological polar surface area (TPSA) is 128 Å². The number of alkyl carbamates (subject to hydrolysis) is 1. The minimum Gasteiger partial charge on any atom is -0.495 e. The van der Waals surface area contributed by atoms with E-state index in [0.717, 1.165) is 22.7 Å². The summed E-state index contributed by atoms with van der Waals surface area (Å²) >= 11 is 0. The minimum atomic E-state index is -0.407. The molecule has 0 radical (unpaired) electrons. The standard InChI is InChI=1S/C33H41N7O3/c1-32(2,3)39-31(41)43-13-7-11-35-19-22-14-29(42-4)27(15-25(22)34)38-30-36-12-10-26(37-30)24-20-40(33-16-21(17-33)18-33)28-9-6-5-8-23(24)28/h5-6,8-10,12,14-15,20-21,35H,7,11,13,16-19,34H2,1-4H3,(H,39,41)(H,36,37,38). The first-order valence-electron chi connectivity index (χ1n) is 15.0. The number of rotatable bonds is 11. The van der Waals surface area contributed by atoms with Crippen molar-refractivity contribution in [3.63, 3.8) is 0 Å². The summed E-state index contributed by atoms with van der Waals surface area (Å²) in [6, 6.07) is 14.3. The molecule has 43 heavy (non-hydrogen) atoms. The fourth-order valence-corrected chi connectivity index (χ4v) is 6.18. The van der Waals surface area contributed by atoms with E-state index in [9.17, 15) is 4.79 Å². The molecule has 3 aliphatic carbocycles. The first kappa shape index (κ1) is 28.8. The third kappa shape index (κ3) is 5.97. The molecule has 10 nitrogen and oxygen atoms in total. The van der Waals surface area contributed by atoms with Crippen LogP contribution >= 0.6 is 0 Å². The van der Waals surface area contributed by atoms with E-state index in [0.29, 0.717) is 49.2 Å². The number of nitrogens with one attached hydrogen (secondary N) is 3. The SMILES string of the molecule is COc1cc(CNCCCOC(=O)NC(C)(C)C)c(N)cc1Nc1nccc(-c2cn(C34CC(C3)C4)c3ccccc23)n1. The number of para-hydroxylation sites is 1. The normalized spacial score (nSPS) is 18.9. The van der Waals surface area contributed by atoms with Gasteiger partial charge in [-0.15, -0.1) is 0 Å². The summed E-state index contributed by atoms with van der Waals surface area (Å²) in [4.78, 5) is 21.2. The van der Waals surface area contributed by atoms with E-state index in [-0.39, 0.29) is 11.1 Å². The van der Waals surface area contributed by atoms with Crippen molar-refractivity contribution in [2.75, 3.05) is 31.3 Å². The Labute approximate surface area is 252 Å². The lowest BCUT2D eigenvalue weighted by Crippen LogP contribution is -2.58. The predicted octanol–water partition coefficient (Wildman–Crippen LogP) is 5.95. The highest BCUT2D eigenvalue weighted by Gasteiger charge is 2.58. The van der Waals surface area contributed by atoms with Gasteiger partial charge in [-0.2, -0.15) is 0 Å². The lowest BCUT2D eigenvalue weighted by molar-refractivity contribution is -0.0854. The van der Waals surface area contributed by atoms with Crippen molar-refractivity contribution in [3.05, 3.63) is 60.4 Å². The second-order valence-corrected chi connectivity index (χ2v) is 12.8. The first-order chi connectivity index (χ1) is 20.6. The quantitative estimate of drug-likeness (QED) is 0.126. The molecule has 2 heterocycles. The molecule has 2 aromatic heterocycles. The second kappa shape index (κ2) is 11.4. The van der Waals surface area contributed by atoms with Crippen LogP contribution in [0.5, 0.6) is 5.75 Å². The summed E-state index contributed by atoms with van der Waals surface area (Å²) in [5.74, 6) is 2.01. The fraction of sp³-hybridized carbons (Fsp3) is 0.424. The predicted molar refractivity (Wildman–Crippen MR) is 170 cm³/mol. The average Bonchev–Trinajstić information content (AvgIpc) is 3.28. The Morgan fingerprint density at radius 1 is 1.16 bits per heavy atom. The molecule has 3 aliphatic rings. The zero-order valence-corrected chi connectivity index (χ0v) is 25.4. The number of nitrogen functional groups attached to an aromatic ring is 1. The third-order valence-electron chi connectivity index (χ3n) is 8.39. The highest BCUT2D eigenvalue weighted by Crippen LogP contribution is 2.63. The molecular weight excluding hydrogens is 542 g/mol. The van der Waals surface area contributed by atoms with Crippen LogP contribution < -0.4 is 26.4 Å². The maximum Gasteiger partial charge on any atom is 0.407 e. The molecule has 0 aliphatic heterocycles. The molecule has 1 amide bonds. The summed E-state index contributed by atoms with van der Waals surface area (Å²) in [6.45, 7) is 7.29. The van der Waals surface area contributed by atoms with E-state index in [2.05, 4.69) is 56.0 Å². The number of methoxy groups -OCH3 is 1. The summed E-state index contributed by atoms with van der Waals surface area (Å²) in [6.07, 6.45) is 8.16.